The number of nitrogens with zero attached hydrogens (tertiary/aromatic N) is 4. The van der Waals surface area contributed by atoms with Crippen LogP contribution in [0.5, 0.6) is 17.2 Å². The van der Waals surface area contributed by atoms with Crippen molar-refractivity contribution in [3.05, 3.63) is 95.6 Å². The van der Waals surface area contributed by atoms with Crippen LogP contribution in [0, 0.1) is 54.3 Å². The molecule has 75 heavy (non-hydrogen) atoms. The lowest BCUT2D eigenvalue weighted by Crippen LogP contribution is -2.36. The highest BCUT2D eigenvalue weighted by Crippen LogP contribution is 2.51. The summed E-state index contributed by atoms with van der Waals surface area (Å²) in [6.07, 6.45) is 13.0. The lowest BCUT2D eigenvalue weighted by Gasteiger charge is -2.30. The van der Waals surface area contributed by atoms with Crippen molar-refractivity contribution in [2.24, 2.45) is 47.3 Å². The molecular weight excluding hydrogens is 957 g/mol. The average molecular weight is 1020 g/mol. The average Bonchev–Trinajstić information content (AvgIpc) is 4.04. The molecule has 16 heteroatoms. The Morgan fingerprint density at radius 1 is 0.533 bits per heavy atom. The Hall–Kier alpha value is -7.23. The van der Waals surface area contributed by atoms with E-state index in [9.17, 15) is 43.2 Å². The molecule has 4 heterocycles. The molecule has 0 spiro atoms. The summed E-state index contributed by atoms with van der Waals surface area (Å²) >= 11 is 0. The maximum absolute atomic E-state index is 14.8. The summed E-state index contributed by atoms with van der Waals surface area (Å²) in [5, 5.41) is 0. The number of hydrogen-bond donors (Lipinski definition) is 0. The van der Waals surface area contributed by atoms with E-state index in [1.165, 1.54) is 62.3 Å². The molecule has 3 aromatic carbocycles. The molecule has 4 aliphatic heterocycles. The molecule has 6 aliphatic rings. The normalized spacial score (nSPS) is 25.6. The number of anilines is 3. The van der Waals surface area contributed by atoms with Gasteiger partial charge in [-0.2, -0.15) is 0 Å². The molecule has 0 bridgehead atoms. The molecule has 8 amide bonds. The zero-order valence-corrected chi connectivity index (χ0v) is 43.4. The number of allylic oxidation sites excluding steroid dienone is 2. The maximum atomic E-state index is 14.8. The first-order valence-electron chi connectivity index (χ1n) is 26.7. The minimum absolute atomic E-state index is 0.0161. The third-order valence-electron chi connectivity index (χ3n) is 16.2. The van der Waals surface area contributed by atoms with E-state index in [-0.39, 0.29) is 61.4 Å². The third kappa shape index (κ3) is 10.4. The van der Waals surface area contributed by atoms with Gasteiger partial charge in [0.1, 0.15) is 11.5 Å². The fourth-order valence-corrected chi connectivity index (χ4v) is 12.2. The van der Waals surface area contributed by atoms with Crippen LogP contribution in [-0.2, 0) is 43.1 Å². The number of amides is 8. The number of para-hydroxylation sites is 1. The number of carbonyl (C=O) groups is 9. The second-order valence-corrected chi connectivity index (χ2v) is 21.2. The van der Waals surface area contributed by atoms with Crippen LogP contribution in [0.2, 0.25) is 0 Å². The van der Waals surface area contributed by atoms with E-state index in [1.807, 2.05) is 31.2 Å². The predicted molar refractivity (Wildman–Crippen MR) is 277 cm³/mol. The van der Waals surface area contributed by atoms with Crippen molar-refractivity contribution in [1.82, 2.24) is 4.90 Å². The Kier molecular flexibility index (Phi) is 15.7. The molecule has 0 saturated carbocycles. The van der Waals surface area contributed by atoms with Crippen LogP contribution in [0.1, 0.15) is 116 Å². The molecule has 4 saturated heterocycles. The van der Waals surface area contributed by atoms with Gasteiger partial charge in [0.15, 0.2) is 5.75 Å². The van der Waals surface area contributed by atoms with Gasteiger partial charge in [0, 0.05) is 19.9 Å². The Bertz CT molecular complexity index is 2850. The van der Waals surface area contributed by atoms with E-state index in [0.717, 1.165) is 45.9 Å². The van der Waals surface area contributed by atoms with Gasteiger partial charge >= 0.3 is 6.16 Å². The van der Waals surface area contributed by atoms with Gasteiger partial charge in [-0.15, -0.1) is 0 Å². The van der Waals surface area contributed by atoms with Crippen molar-refractivity contribution in [3.63, 3.8) is 0 Å². The molecule has 394 valence electrons. The van der Waals surface area contributed by atoms with Crippen LogP contribution < -0.4 is 24.2 Å². The van der Waals surface area contributed by atoms with Crippen molar-refractivity contribution in [3.8, 4) is 17.2 Å². The van der Waals surface area contributed by atoms with Crippen molar-refractivity contribution >= 4 is 70.5 Å². The molecule has 0 radical (unpaired) electrons. The lowest BCUT2D eigenvalue weighted by atomic mass is 9.71. The van der Waals surface area contributed by atoms with Crippen LogP contribution in [0.3, 0.4) is 0 Å². The summed E-state index contributed by atoms with van der Waals surface area (Å²) in [5.41, 5.74) is 2.26. The molecule has 0 aromatic heterocycles. The Balaban J connectivity index is 0.936. The number of fused-ring (bicyclic) bond motifs is 2. The van der Waals surface area contributed by atoms with Gasteiger partial charge in [-0.1, -0.05) is 112 Å². The molecule has 3 aromatic rings. The number of aryl methyl sites for hydroxylation is 1. The van der Waals surface area contributed by atoms with E-state index in [4.69, 9.17) is 14.2 Å². The molecular formula is C59H66N4O12. The molecule has 16 nitrogen and oxygen atoms in total. The molecule has 9 rings (SSSR count). The molecule has 2 aliphatic carbocycles. The molecule has 4 fully saturated rings. The zero-order chi connectivity index (χ0) is 53.2. The van der Waals surface area contributed by atoms with Crippen molar-refractivity contribution in [2.45, 2.75) is 118 Å². The number of likely N-dealkylation sites (tertiary alicyclic amines) is 1. The number of rotatable bonds is 19. The van der Waals surface area contributed by atoms with Crippen molar-refractivity contribution < 1.29 is 57.4 Å². The van der Waals surface area contributed by atoms with Crippen molar-refractivity contribution in [1.29, 1.82) is 0 Å². The molecule has 8 atom stereocenters. The Morgan fingerprint density at radius 2 is 1.01 bits per heavy atom. The zero-order valence-electron chi connectivity index (χ0n) is 43.4. The first-order chi connectivity index (χ1) is 36.1. The topological polar surface area (TPSA) is 194 Å². The van der Waals surface area contributed by atoms with Gasteiger partial charge < -0.3 is 14.2 Å². The lowest BCUT2D eigenvalue weighted by molar-refractivity contribution is -0.138. The molecule has 0 N–H and O–H groups in total. The first kappa shape index (κ1) is 52.6. The highest BCUT2D eigenvalue weighted by atomic mass is 16.7. The minimum atomic E-state index is -1.16. The van der Waals surface area contributed by atoms with E-state index in [2.05, 4.69) is 6.92 Å². The highest BCUT2D eigenvalue weighted by molar-refractivity contribution is 6.26. The number of imide groups is 4. The number of carbonyl (C=O) groups excluding carboxylic acids is 9. The van der Waals surface area contributed by atoms with Crippen LogP contribution in [0.4, 0.5) is 21.9 Å². The van der Waals surface area contributed by atoms with E-state index in [0.29, 0.717) is 34.8 Å². The molecule has 8 unspecified atom stereocenters. The summed E-state index contributed by atoms with van der Waals surface area (Å²) in [6, 6.07) is 18.5. The first-order valence-corrected chi connectivity index (χ1v) is 26.7. The van der Waals surface area contributed by atoms with E-state index >= 15 is 0 Å². The summed E-state index contributed by atoms with van der Waals surface area (Å²) in [7, 11) is 1.42. The summed E-state index contributed by atoms with van der Waals surface area (Å²) < 4.78 is 17.4. The maximum Gasteiger partial charge on any atom is 0.513 e. The fraction of sp³-hybridized carbons (Fsp3) is 0.475. The standard InChI is InChI=1S/C59H66N4O12/c1-6-7-8-9-10-11-12-13-14-15-27-73-59(72)75-52-46(17-16-18-47(52)63-56(69)45-30-37(28-36(4)51(45)58(63)71)42-32-48(64)60(5)53(42)66)62-49(65)33-43(54(62)67)38-29-35(3)50-44(31-38)55(68)61(57(50)70)39-21-25-41(26-22-39)74-40-23-19-34(2)20-24-40/h16-26,28-29,37-38,42-45,50-51H,6-15,27,30-33H2,1-5H3. The summed E-state index contributed by atoms with van der Waals surface area (Å²) in [6.45, 7) is 7.65. The van der Waals surface area contributed by atoms with Crippen molar-refractivity contribution in [2.75, 3.05) is 28.4 Å². The highest BCUT2D eigenvalue weighted by Gasteiger charge is 2.56. The second kappa shape index (κ2) is 22.3. The monoisotopic (exact) mass is 1020 g/mol. The Labute approximate surface area is 437 Å². The number of unbranched alkanes of at least 4 members (excludes halogenated alkanes) is 9. The smallest absolute Gasteiger partial charge is 0.457 e. The fourth-order valence-electron chi connectivity index (χ4n) is 12.2. The van der Waals surface area contributed by atoms with E-state index in [1.54, 1.807) is 50.3 Å². The quantitative estimate of drug-likeness (QED) is 0.0363. The largest absolute Gasteiger partial charge is 0.513 e. The number of ether oxygens (including phenoxy) is 3. The third-order valence-corrected chi connectivity index (χ3v) is 16.2. The minimum Gasteiger partial charge on any atom is -0.457 e. The number of hydrogen-bond acceptors (Lipinski definition) is 12. The van der Waals surface area contributed by atoms with E-state index < -0.39 is 88.8 Å². The predicted octanol–water partition coefficient (Wildman–Crippen LogP) is 9.95. The van der Waals surface area contributed by atoms with Crippen LogP contribution in [0.25, 0.3) is 0 Å². The van der Waals surface area contributed by atoms with Crippen LogP contribution in [-0.4, -0.2) is 72.0 Å². The van der Waals surface area contributed by atoms with Gasteiger partial charge in [0.05, 0.1) is 59.2 Å². The van der Waals surface area contributed by atoms with Crippen LogP contribution in [0.15, 0.2) is 90.0 Å². The van der Waals surface area contributed by atoms with Gasteiger partial charge in [-0.05, 0) is 100 Å². The van der Waals surface area contributed by atoms with Gasteiger partial charge in [-0.3, -0.25) is 43.3 Å². The summed E-state index contributed by atoms with van der Waals surface area (Å²) in [4.78, 5) is 130. The second-order valence-electron chi connectivity index (χ2n) is 21.2. The van der Waals surface area contributed by atoms with Crippen LogP contribution >= 0.6 is 0 Å². The van der Waals surface area contributed by atoms with Gasteiger partial charge in [0.2, 0.25) is 47.3 Å². The number of benzene rings is 3. The van der Waals surface area contributed by atoms with Gasteiger partial charge in [0.25, 0.3) is 0 Å². The Morgan fingerprint density at radius 3 is 1.57 bits per heavy atom. The summed E-state index contributed by atoms with van der Waals surface area (Å²) in [5.74, 6) is -9.45. The SMILES string of the molecule is CCCCCCCCCCCCOC(=O)Oc1c(N2C(=O)CC(C3C=C(C)C4C(=O)N(c5ccc(Oc6ccc(C)cc6)cc5)C(=O)C4C3)C2=O)cccc1N1C(=O)C2CC(C3CC(=O)N(C)C3=O)C=C(C)C2C1=O. The van der Waals surface area contributed by atoms with Gasteiger partial charge in [-0.25, -0.2) is 19.5 Å².